The lowest BCUT2D eigenvalue weighted by atomic mass is 9.92. The fourth-order valence-electron chi connectivity index (χ4n) is 3.72. The van der Waals surface area contributed by atoms with Crippen LogP contribution in [0.15, 0.2) is 66.7 Å². The fourth-order valence-corrected chi connectivity index (χ4v) is 4.34. The molecule has 1 aliphatic rings. The summed E-state index contributed by atoms with van der Waals surface area (Å²) in [5, 5.41) is 0.761. The van der Waals surface area contributed by atoms with Crippen LogP contribution >= 0.6 is 11.6 Å². The van der Waals surface area contributed by atoms with Gasteiger partial charge in [0, 0.05) is 11.6 Å². The molecule has 29 heavy (non-hydrogen) atoms. The van der Waals surface area contributed by atoms with Gasteiger partial charge in [-0.15, -0.1) is 0 Å². The second-order valence-corrected chi connectivity index (χ2v) is 9.62. The maximum atomic E-state index is 11.3. The van der Waals surface area contributed by atoms with E-state index in [1.165, 1.54) is 34.1 Å². The Kier molecular flexibility index (Phi) is 5.59. The molecule has 0 amide bonds. The summed E-state index contributed by atoms with van der Waals surface area (Å²) in [5.41, 5.74) is 8.23. The molecule has 0 radical (unpaired) electrons. The van der Waals surface area contributed by atoms with Crippen molar-refractivity contribution in [2.24, 2.45) is 0 Å². The maximum Gasteiger partial charge on any atom is 0.209 e. The van der Waals surface area contributed by atoms with E-state index in [2.05, 4.69) is 47.2 Å². The molecule has 148 valence electrons. The van der Waals surface area contributed by atoms with Crippen molar-refractivity contribution >= 4 is 33.3 Å². The SMILES string of the molecule is CS(=O)(=O)NCc1ccc(/C=C2/c3ccccc3CCc3cc(Cl)ccc32)cc1. The lowest BCUT2D eigenvalue weighted by Crippen LogP contribution is -2.21. The van der Waals surface area contributed by atoms with Crippen molar-refractivity contribution in [1.82, 2.24) is 4.72 Å². The number of benzene rings is 3. The molecular formula is C24H22ClNO2S. The molecule has 3 aromatic rings. The smallest absolute Gasteiger partial charge is 0.209 e. The van der Waals surface area contributed by atoms with Crippen LogP contribution in [-0.2, 0) is 29.4 Å². The predicted octanol–water partition coefficient (Wildman–Crippen LogP) is 5.08. The summed E-state index contributed by atoms with van der Waals surface area (Å²) in [5.74, 6) is 0. The molecule has 0 aromatic heterocycles. The highest BCUT2D eigenvalue weighted by Crippen LogP contribution is 2.36. The van der Waals surface area contributed by atoms with Gasteiger partial charge in [-0.25, -0.2) is 13.1 Å². The molecule has 0 aliphatic heterocycles. The second-order valence-electron chi connectivity index (χ2n) is 7.35. The minimum Gasteiger partial charge on any atom is -0.213 e. The van der Waals surface area contributed by atoms with Crippen LogP contribution in [0.3, 0.4) is 0 Å². The second kappa shape index (κ2) is 8.15. The molecule has 0 saturated carbocycles. The Morgan fingerprint density at radius 2 is 1.62 bits per heavy atom. The van der Waals surface area contributed by atoms with Gasteiger partial charge in [-0.1, -0.05) is 66.2 Å². The summed E-state index contributed by atoms with van der Waals surface area (Å²) in [6, 6.07) is 22.6. The Morgan fingerprint density at radius 3 is 2.38 bits per heavy atom. The molecule has 3 aromatic carbocycles. The van der Waals surface area contributed by atoms with Crippen molar-refractivity contribution in [3.8, 4) is 0 Å². The molecule has 1 aliphatic carbocycles. The number of sulfonamides is 1. The van der Waals surface area contributed by atoms with E-state index in [0.717, 1.165) is 29.0 Å². The van der Waals surface area contributed by atoms with Crippen LogP contribution in [0.2, 0.25) is 5.02 Å². The van der Waals surface area contributed by atoms with E-state index in [-0.39, 0.29) is 0 Å². The van der Waals surface area contributed by atoms with E-state index in [0.29, 0.717) is 6.54 Å². The Balaban J connectivity index is 1.74. The van der Waals surface area contributed by atoms with Gasteiger partial charge < -0.3 is 0 Å². The van der Waals surface area contributed by atoms with Crippen LogP contribution in [0.25, 0.3) is 11.6 Å². The average Bonchev–Trinajstić information content (AvgIpc) is 2.84. The summed E-state index contributed by atoms with van der Waals surface area (Å²) in [6.07, 6.45) is 5.31. The van der Waals surface area contributed by atoms with E-state index in [4.69, 9.17) is 11.6 Å². The third-order valence-corrected chi connectivity index (χ3v) is 6.06. The topological polar surface area (TPSA) is 46.2 Å². The van der Waals surface area contributed by atoms with E-state index in [9.17, 15) is 8.42 Å². The van der Waals surface area contributed by atoms with Crippen molar-refractivity contribution in [2.45, 2.75) is 19.4 Å². The van der Waals surface area contributed by atoms with E-state index >= 15 is 0 Å². The zero-order chi connectivity index (χ0) is 20.4. The van der Waals surface area contributed by atoms with Crippen molar-refractivity contribution < 1.29 is 8.42 Å². The zero-order valence-corrected chi connectivity index (χ0v) is 17.7. The Bertz CT molecular complexity index is 1180. The molecule has 5 heteroatoms. The first-order valence-corrected chi connectivity index (χ1v) is 11.8. The normalized spacial score (nSPS) is 14.9. The van der Waals surface area contributed by atoms with Gasteiger partial charge in [-0.05, 0) is 70.0 Å². The Labute approximate surface area is 177 Å². The van der Waals surface area contributed by atoms with E-state index in [1.54, 1.807) is 0 Å². The minimum atomic E-state index is -3.20. The Hall–Kier alpha value is -2.40. The summed E-state index contributed by atoms with van der Waals surface area (Å²) < 4.78 is 25.1. The first-order valence-electron chi connectivity index (χ1n) is 9.51. The zero-order valence-electron chi connectivity index (χ0n) is 16.2. The largest absolute Gasteiger partial charge is 0.213 e. The molecule has 0 bridgehead atoms. The van der Waals surface area contributed by atoms with Gasteiger partial charge in [-0.3, -0.25) is 0 Å². The number of aryl methyl sites for hydroxylation is 2. The fraction of sp³-hybridized carbons (Fsp3) is 0.167. The molecule has 0 saturated heterocycles. The molecule has 1 N–H and O–H groups in total. The molecule has 4 rings (SSSR count). The Morgan fingerprint density at radius 1 is 0.931 bits per heavy atom. The van der Waals surface area contributed by atoms with Crippen molar-refractivity contribution in [2.75, 3.05) is 6.26 Å². The number of hydrogen-bond acceptors (Lipinski definition) is 2. The van der Waals surface area contributed by atoms with Gasteiger partial charge in [0.2, 0.25) is 10.0 Å². The molecule has 0 unspecified atom stereocenters. The molecule has 0 spiro atoms. The molecule has 0 fully saturated rings. The lowest BCUT2D eigenvalue weighted by Gasteiger charge is -2.13. The molecule has 0 heterocycles. The number of nitrogens with one attached hydrogen (secondary N) is 1. The summed E-state index contributed by atoms with van der Waals surface area (Å²) in [4.78, 5) is 0. The molecule has 0 atom stereocenters. The third-order valence-electron chi connectivity index (χ3n) is 5.16. The number of fused-ring (bicyclic) bond motifs is 2. The van der Waals surface area contributed by atoms with Gasteiger partial charge in [0.25, 0.3) is 0 Å². The van der Waals surface area contributed by atoms with Crippen LogP contribution in [-0.4, -0.2) is 14.7 Å². The molecular weight excluding hydrogens is 402 g/mol. The monoisotopic (exact) mass is 423 g/mol. The van der Waals surface area contributed by atoms with Gasteiger partial charge in [0.15, 0.2) is 0 Å². The number of rotatable bonds is 4. The lowest BCUT2D eigenvalue weighted by molar-refractivity contribution is 0.587. The summed E-state index contributed by atoms with van der Waals surface area (Å²) >= 11 is 6.26. The quantitative estimate of drug-likeness (QED) is 0.636. The number of halogens is 1. The van der Waals surface area contributed by atoms with Gasteiger partial charge in [-0.2, -0.15) is 0 Å². The van der Waals surface area contributed by atoms with Gasteiger partial charge in [0.05, 0.1) is 6.26 Å². The van der Waals surface area contributed by atoms with Crippen molar-refractivity contribution in [1.29, 1.82) is 0 Å². The van der Waals surface area contributed by atoms with Crippen molar-refractivity contribution in [3.05, 3.63) is 105 Å². The molecule has 3 nitrogen and oxygen atoms in total. The average molecular weight is 424 g/mol. The highest BCUT2D eigenvalue weighted by atomic mass is 35.5. The van der Waals surface area contributed by atoms with Gasteiger partial charge >= 0.3 is 0 Å². The van der Waals surface area contributed by atoms with Crippen molar-refractivity contribution in [3.63, 3.8) is 0 Å². The minimum absolute atomic E-state index is 0.292. The first kappa shape index (κ1) is 19.9. The highest BCUT2D eigenvalue weighted by molar-refractivity contribution is 7.88. The van der Waals surface area contributed by atoms with Crippen LogP contribution in [0.5, 0.6) is 0 Å². The number of hydrogen-bond donors (Lipinski definition) is 1. The summed E-state index contributed by atoms with van der Waals surface area (Å²) in [7, 11) is -3.20. The van der Waals surface area contributed by atoms with Crippen LogP contribution < -0.4 is 4.72 Å². The summed E-state index contributed by atoms with van der Waals surface area (Å²) in [6.45, 7) is 0.292. The standard InChI is InChI=1S/C24H22ClNO2S/c1-29(27,28)26-16-18-8-6-17(7-9-18)14-24-22-5-3-2-4-19(22)10-11-20-15-21(25)12-13-23(20)24/h2-9,12-15,26H,10-11,16H2,1H3/b24-14-. The predicted molar refractivity (Wildman–Crippen MR) is 120 cm³/mol. The first-order chi connectivity index (χ1) is 13.9. The van der Waals surface area contributed by atoms with Gasteiger partial charge in [0.1, 0.15) is 0 Å². The van der Waals surface area contributed by atoms with E-state index in [1.807, 2.05) is 30.3 Å². The van der Waals surface area contributed by atoms with Crippen LogP contribution in [0.1, 0.15) is 33.4 Å². The third kappa shape index (κ3) is 4.78. The maximum absolute atomic E-state index is 11.3. The highest BCUT2D eigenvalue weighted by Gasteiger charge is 2.18. The van der Waals surface area contributed by atoms with E-state index < -0.39 is 10.0 Å². The van der Waals surface area contributed by atoms with Crippen LogP contribution in [0, 0.1) is 0 Å². The van der Waals surface area contributed by atoms with Crippen LogP contribution in [0.4, 0.5) is 0 Å².